The number of nitrogens with one attached hydrogen (secondary N) is 2. The van der Waals surface area contributed by atoms with E-state index < -0.39 is 10.0 Å². The van der Waals surface area contributed by atoms with Crippen molar-refractivity contribution >= 4 is 21.7 Å². The van der Waals surface area contributed by atoms with Crippen molar-refractivity contribution in [3.63, 3.8) is 0 Å². The molecule has 118 valence electrons. The van der Waals surface area contributed by atoms with Gasteiger partial charge in [0.2, 0.25) is 15.9 Å². The number of benzene rings is 1. The van der Waals surface area contributed by atoms with Gasteiger partial charge in [-0.05, 0) is 12.0 Å². The molecule has 2 aromatic rings. The molecule has 0 aliphatic heterocycles. The van der Waals surface area contributed by atoms with E-state index in [9.17, 15) is 13.2 Å². The molecular formula is C13H17N5O3S. The fourth-order valence-corrected chi connectivity index (χ4v) is 2.26. The van der Waals surface area contributed by atoms with Gasteiger partial charge in [-0.2, -0.15) is 9.90 Å². The Morgan fingerprint density at radius 2 is 2.00 bits per heavy atom. The van der Waals surface area contributed by atoms with E-state index in [0.29, 0.717) is 6.54 Å². The van der Waals surface area contributed by atoms with Crippen molar-refractivity contribution in [1.29, 1.82) is 0 Å². The van der Waals surface area contributed by atoms with Gasteiger partial charge in [0, 0.05) is 6.54 Å². The molecule has 0 fully saturated rings. The van der Waals surface area contributed by atoms with Crippen LogP contribution in [-0.2, 0) is 27.8 Å². The molecule has 8 nitrogen and oxygen atoms in total. The van der Waals surface area contributed by atoms with Crippen LogP contribution in [0.3, 0.4) is 0 Å². The zero-order valence-electron chi connectivity index (χ0n) is 12.1. The molecule has 0 radical (unpaired) electrons. The Balaban J connectivity index is 1.77. The SMILES string of the molecule is CS(=O)(=O)Nc1cnn(CC(=O)NCCc2ccccc2)n1. The number of aromatic nitrogens is 3. The number of anilines is 1. The van der Waals surface area contributed by atoms with Crippen molar-refractivity contribution in [2.45, 2.75) is 13.0 Å². The lowest BCUT2D eigenvalue weighted by molar-refractivity contribution is -0.122. The van der Waals surface area contributed by atoms with Crippen molar-refractivity contribution in [2.75, 3.05) is 17.5 Å². The summed E-state index contributed by atoms with van der Waals surface area (Å²) in [5.41, 5.74) is 1.14. The van der Waals surface area contributed by atoms with Crippen LogP contribution in [0.2, 0.25) is 0 Å². The van der Waals surface area contributed by atoms with E-state index in [-0.39, 0.29) is 18.3 Å². The molecule has 0 atom stereocenters. The van der Waals surface area contributed by atoms with Gasteiger partial charge >= 0.3 is 0 Å². The van der Waals surface area contributed by atoms with Crippen molar-refractivity contribution < 1.29 is 13.2 Å². The third kappa shape index (κ3) is 5.52. The summed E-state index contributed by atoms with van der Waals surface area (Å²) < 4.78 is 24.3. The summed E-state index contributed by atoms with van der Waals surface area (Å²) in [7, 11) is -3.40. The van der Waals surface area contributed by atoms with Crippen molar-refractivity contribution in [1.82, 2.24) is 20.3 Å². The normalized spacial score (nSPS) is 11.1. The molecule has 0 saturated heterocycles. The van der Waals surface area contributed by atoms with Crippen LogP contribution >= 0.6 is 0 Å². The number of hydrogen-bond acceptors (Lipinski definition) is 5. The van der Waals surface area contributed by atoms with Crippen LogP contribution in [0.15, 0.2) is 36.5 Å². The third-order valence-electron chi connectivity index (χ3n) is 2.69. The second-order valence-electron chi connectivity index (χ2n) is 4.72. The highest BCUT2D eigenvalue weighted by atomic mass is 32.2. The Labute approximate surface area is 128 Å². The van der Waals surface area contributed by atoms with Gasteiger partial charge in [0.15, 0.2) is 5.82 Å². The molecule has 2 rings (SSSR count). The fraction of sp³-hybridized carbons (Fsp3) is 0.308. The highest BCUT2D eigenvalue weighted by Gasteiger charge is 2.08. The molecule has 9 heteroatoms. The van der Waals surface area contributed by atoms with Gasteiger partial charge < -0.3 is 5.32 Å². The second-order valence-corrected chi connectivity index (χ2v) is 6.47. The summed E-state index contributed by atoms with van der Waals surface area (Å²) in [6.07, 6.45) is 3.00. The fourth-order valence-electron chi connectivity index (χ4n) is 1.79. The molecule has 1 aromatic heterocycles. The maximum atomic E-state index is 11.7. The zero-order chi connectivity index (χ0) is 16.0. The lowest BCUT2D eigenvalue weighted by Gasteiger charge is -2.05. The zero-order valence-corrected chi connectivity index (χ0v) is 12.9. The van der Waals surface area contributed by atoms with Gasteiger partial charge in [-0.3, -0.25) is 9.52 Å². The molecule has 1 amide bonds. The topological polar surface area (TPSA) is 106 Å². The van der Waals surface area contributed by atoms with Gasteiger partial charge in [-0.25, -0.2) is 8.42 Å². The van der Waals surface area contributed by atoms with Gasteiger partial charge in [0.25, 0.3) is 0 Å². The molecule has 22 heavy (non-hydrogen) atoms. The van der Waals surface area contributed by atoms with Gasteiger partial charge in [0.1, 0.15) is 6.54 Å². The molecule has 1 aromatic carbocycles. The van der Waals surface area contributed by atoms with E-state index in [1.165, 1.54) is 6.20 Å². The highest BCUT2D eigenvalue weighted by molar-refractivity contribution is 7.92. The Hall–Kier alpha value is -2.42. The lowest BCUT2D eigenvalue weighted by Crippen LogP contribution is -2.30. The maximum Gasteiger partial charge on any atom is 0.243 e. The minimum atomic E-state index is -3.40. The number of nitrogens with zero attached hydrogens (tertiary/aromatic N) is 3. The number of carbonyl (C=O) groups excluding carboxylic acids is 1. The van der Waals surface area contributed by atoms with Crippen LogP contribution in [0.1, 0.15) is 5.56 Å². The van der Waals surface area contributed by atoms with E-state index in [1.807, 2.05) is 30.3 Å². The first kappa shape index (κ1) is 16.0. The lowest BCUT2D eigenvalue weighted by atomic mass is 10.1. The van der Waals surface area contributed by atoms with Gasteiger partial charge in [0.05, 0.1) is 12.5 Å². The summed E-state index contributed by atoms with van der Waals surface area (Å²) in [5.74, 6) is -0.156. The molecule has 0 bridgehead atoms. The maximum absolute atomic E-state index is 11.7. The standard InChI is InChI=1S/C13H17N5O3S/c1-22(20,21)17-12-9-15-18(16-12)10-13(19)14-8-7-11-5-3-2-4-6-11/h2-6,9H,7-8,10H2,1H3,(H,14,19)(H,16,17). The van der Waals surface area contributed by atoms with Crippen LogP contribution < -0.4 is 10.0 Å². The summed E-state index contributed by atoms with van der Waals surface area (Å²) in [5, 5.41) is 10.4. The van der Waals surface area contributed by atoms with Crippen molar-refractivity contribution in [2.24, 2.45) is 0 Å². The Morgan fingerprint density at radius 1 is 1.27 bits per heavy atom. The first-order valence-corrected chi connectivity index (χ1v) is 8.50. The Morgan fingerprint density at radius 3 is 2.68 bits per heavy atom. The van der Waals surface area contributed by atoms with Crippen LogP contribution in [-0.4, -0.2) is 42.1 Å². The van der Waals surface area contributed by atoms with Crippen LogP contribution in [0, 0.1) is 0 Å². The predicted octanol–water partition coefficient (Wildman–Crippen LogP) is 0.00850. The second kappa shape index (κ2) is 7.03. The number of carbonyl (C=O) groups is 1. The Kier molecular flexibility index (Phi) is 5.10. The number of rotatable bonds is 7. The van der Waals surface area contributed by atoms with E-state index in [0.717, 1.165) is 23.0 Å². The van der Waals surface area contributed by atoms with E-state index >= 15 is 0 Å². The Bertz CT molecular complexity index is 727. The largest absolute Gasteiger partial charge is 0.354 e. The number of amides is 1. The smallest absolute Gasteiger partial charge is 0.243 e. The summed E-state index contributed by atoms with van der Waals surface area (Å²) in [6, 6.07) is 9.81. The molecule has 2 N–H and O–H groups in total. The van der Waals surface area contributed by atoms with Gasteiger partial charge in [-0.1, -0.05) is 30.3 Å². The third-order valence-corrected chi connectivity index (χ3v) is 3.27. The van der Waals surface area contributed by atoms with Crippen LogP contribution in [0.5, 0.6) is 0 Å². The number of hydrogen-bond donors (Lipinski definition) is 2. The van der Waals surface area contributed by atoms with E-state index in [1.54, 1.807) is 0 Å². The highest BCUT2D eigenvalue weighted by Crippen LogP contribution is 2.01. The molecule has 0 unspecified atom stereocenters. The average molecular weight is 323 g/mol. The van der Waals surface area contributed by atoms with Crippen molar-refractivity contribution in [3.05, 3.63) is 42.1 Å². The summed E-state index contributed by atoms with van der Waals surface area (Å²) >= 11 is 0. The van der Waals surface area contributed by atoms with E-state index in [2.05, 4.69) is 20.2 Å². The minimum Gasteiger partial charge on any atom is -0.354 e. The quantitative estimate of drug-likeness (QED) is 0.746. The molecule has 0 aliphatic rings. The van der Waals surface area contributed by atoms with Crippen molar-refractivity contribution in [3.8, 4) is 0 Å². The monoisotopic (exact) mass is 323 g/mol. The predicted molar refractivity (Wildman–Crippen MR) is 81.6 cm³/mol. The molecule has 0 aliphatic carbocycles. The molecular weight excluding hydrogens is 306 g/mol. The summed E-state index contributed by atoms with van der Waals surface area (Å²) in [4.78, 5) is 12.9. The van der Waals surface area contributed by atoms with E-state index in [4.69, 9.17) is 0 Å². The first-order valence-electron chi connectivity index (χ1n) is 6.61. The van der Waals surface area contributed by atoms with Crippen LogP contribution in [0.25, 0.3) is 0 Å². The molecule has 0 saturated carbocycles. The van der Waals surface area contributed by atoms with Gasteiger partial charge in [-0.15, -0.1) is 5.10 Å². The minimum absolute atomic E-state index is 0.0692. The average Bonchev–Trinajstić information content (AvgIpc) is 2.84. The summed E-state index contributed by atoms with van der Waals surface area (Å²) in [6.45, 7) is 0.443. The number of sulfonamides is 1. The van der Waals surface area contributed by atoms with Crippen LogP contribution in [0.4, 0.5) is 5.82 Å². The first-order chi connectivity index (χ1) is 10.4. The molecule has 0 spiro atoms. The molecule has 1 heterocycles.